The number of carbonyl (C=O) groups is 2. The molecule has 0 saturated heterocycles. The van der Waals surface area contributed by atoms with Crippen LogP contribution in [-0.2, 0) is 16.1 Å². The molecule has 6 heteroatoms. The predicted octanol–water partition coefficient (Wildman–Crippen LogP) is 5.32. The number of allylic oxidation sites excluding steroid dienone is 1. The van der Waals surface area contributed by atoms with Gasteiger partial charge in [-0.25, -0.2) is 9.59 Å². The number of nitrogens with one attached hydrogen (secondary N) is 2. The zero-order chi connectivity index (χ0) is 23.1. The number of hydrogen-bond donors (Lipinski definition) is 2. The van der Waals surface area contributed by atoms with Gasteiger partial charge in [0.05, 0.1) is 17.7 Å². The van der Waals surface area contributed by atoms with Crippen LogP contribution in [0.25, 0.3) is 0 Å². The molecule has 32 heavy (non-hydrogen) atoms. The molecule has 1 atom stereocenters. The fourth-order valence-corrected chi connectivity index (χ4v) is 3.63. The summed E-state index contributed by atoms with van der Waals surface area (Å²) in [6, 6.07) is 14.7. The molecule has 0 spiro atoms. The summed E-state index contributed by atoms with van der Waals surface area (Å²) in [5, 5.41) is 5.69. The van der Waals surface area contributed by atoms with Crippen molar-refractivity contribution >= 4 is 12.0 Å². The third-order valence-electron chi connectivity index (χ3n) is 5.37. The largest absolute Gasteiger partial charge is 0.489 e. The molecule has 2 N–H and O–H groups in total. The van der Waals surface area contributed by atoms with Gasteiger partial charge in [-0.05, 0) is 62.4 Å². The van der Waals surface area contributed by atoms with E-state index in [0.717, 1.165) is 29.7 Å². The molecule has 1 aliphatic heterocycles. The van der Waals surface area contributed by atoms with E-state index in [1.165, 1.54) is 5.56 Å². The lowest BCUT2D eigenvalue weighted by atomic mass is 9.93. The maximum Gasteiger partial charge on any atom is 0.338 e. The number of benzene rings is 2. The van der Waals surface area contributed by atoms with E-state index < -0.39 is 12.0 Å². The van der Waals surface area contributed by atoms with Gasteiger partial charge in [0.2, 0.25) is 0 Å². The van der Waals surface area contributed by atoms with Gasteiger partial charge in [0.1, 0.15) is 12.4 Å². The van der Waals surface area contributed by atoms with Gasteiger partial charge in [-0.15, -0.1) is 0 Å². The number of unbranched alkanes of at least 4 members (excludes halogenated alkanes) is 1. The Labute approximate surface area is 190 Å². The fraction of sp³-hybridized carbons (Fsp3) is 0.385. The third-order valence-corrected chi connectivity index (χ3v) is 5.37. The zero-order valence-corrected chi connectivity index (χ0v) is 19.2. The van der Waals surface area contributed by atoms with Crippen LogP contribution in [0.15, 0.2) is 59.8 Å². The Hall–Kier alpha value is -3.28. The molecule has 1 heterocycles. The van der Waals surface area contributed by atoms with Crippen molar-refractivity contribution in [3.8, 4) is 5.75 Å². The first-order chi connectivity index (χ1) is 15.4. The summed E-state index contributed by atoms with van der Waals surface area (Å²) in [5.74, 6) is 0.308. The van der Waals surface area contributed by atoms with Gasteiger partial charge < -0.3 is 20.1 Å². The molecule has 2 amide bonds. The van der Waals surface area contributed by atoms with Crippen molar-refractivity contribution in [2.24, 2.45) is 0 Å². The highest BCUT2D eigenvalue weighted by Gasteiger charge is 2.33. The molecule has 0 saturated carbocycles. The van der Waals surface area contributed by atoms with Crippen LogP contribution in [0.1, 0.15) is 62.8 Å². The normalized spacial score (nSPS) is 15.9. The monoisotopic (exact) mass is 436 g/mol. The average molecular weight is 437 g/mol. The minimum atomic E-state index is -0.577. The van der Waals surface area contributed by atoms with Gasteiger partial charge in [-0.2, -0.15) is 0 Å². The van der Waals surface area contributed by atoms with E-state index >= 15 is 0 Å². The molecule has 0 radical (unpaired) electrons. The Morgan fingerprint density at radius 1 is 1.09 bits per heavy atom. The predicted molar refractivity (Wildman–Crippen MR) is 124 cm³/mol. The topological polar surface area (TPSA) is 76.7 Å². The first-order valence-corrected chi connectivity index (χ1v) is 11.2. The number of esters is 1. The number of aryl methyl sites for hydroxylation is 1. The molecule has 3 rings (SSSR count). The molecule has 170 valence electrons. The highest BCUT2D eigenvalue weighted by atomic mass is 16.5. The maximum absolute atomic E-state index is 12.9. The van der Waals surface area contributed by atoms with Gasteiger partial charge in [-0.1, -0.05) is 49.7 Å². The van der Waals surface area contributed by atoms with E-state index in [2.05, 4.69) is 30.5 Å². The summed E-state index contributed by atoms with van der Waals surface area (Å²) in [6.07, 6.45) is 2.18. The maximum atomic E-state index is 12.9. The van der Waals surface area contributed by atoms with Crippen molar-refractivity contribution in [3.63, 3.8) is 0 Å². The molecule has 2 aromatic carbocycles. The molecule has 1 unspecified atom stereocenters. The summed E-state index contributed by atoms with van der Waals surface area (Å²) in [6.45, 7) is 8.23. The smallest absolute Gasteiger partial charge is 0.338 e. The number of urea groups is 1. The van der Waals surface area contributed by atoms with Crippen LogP contribution in [-0.4, -0.2) is 18.1 Å². The number of rotatable bonds is 9. The highest BCUT2D eigenvalue weighted by Crippen LogP contribution is 2.31. The SMILES string of the molecule is CCCCC1=C(C(=O)OC(C)C)C(c2ccc(OCc3ccccc3C)cc2)NC(=O)N1. The van der Waals surface area contributed by atoms with E-state index in [9.17, 15) is 9.59 Å². The van der Waals surface area contributed by atoms with Crippen molar-refractivity contribution in [1.29, 1.82) is 0 Å². The van der Waals surface area contributed by atoms with Gasteiger partial charge in [0, 0.05) is 5.70 Å². The summed E-state index contributed by atoms with van der Waals surface area (Å²) in [4.78, 5) is 25.3. The van der Waals surface area contributed by atoms with E-state index in [1.807, 2.05) is 56.3 Å². The molecule has 0 fully saturated rings. The molecular formula is C26H32N2O4. The van der Waals surface area contributed by atoms with Crippen LogP contribution < -0.4 is 15.4 Å². The third kappa shape index (κ3) is 5.90. The first kappa shape index (κ1) is 23.4. The standard InChI is InChI=1S/C26H32N2O4/c1-5-6-11-22-23(25(29)32-17(2)3)24(28-26(30)27-22)19-12-14-21(15-13-19)31-16-20-10-8-7-9-18(20)4/h7-10,12-15,17,24H,5-6,11,16H2,1-4H3,(H2,27,28,30). The van der Waals surface area contributed by atoms with Gasteiger partial charge >= 0.3 is 12.0 Å². The van der Waals surface area contributed by atoms with Crippen molar-refractivity contribution in [3.05, 3.63) is 76.5 Å². The summed E-state index contributed by atoms with van der Waals surface area (Å²) in [7, 11) is 0. The van der Waals surface area contributed by atoms with Gasteiger partial charge in [-0.3, -0.25) is 0 Å². The van der Waals surface area contributed by atoms with E-state index in [4.69, 9.17) is 9.47 Å². The Morgan fingerprint density at radius 3 is 2.47 bits per heavy atom. The molecule has 0 aliphatic carbocycles. The molecule has 2 aromatic rings. The molecule has 6 nitrogen and oxygen atoms in total. The van der Waals surface area contributed by atoms with E-state index in [0.29, 0.717) is 24.3 Å². The van der Waals surface area contributed by atoms with Crippen LogP contribution in [0.3, 0.4) is 0 Å². The second-order valence-electron chi connectivity index (χ2n) is 8.27. The Balaban J connectivity index is 1.83. The van der Waals surface area contributed by atoms with Gasteiger partial charge in [0.25, 0.3) is 0 Å². The second-order valence-corrected chi connectivity index (χ2v) is 8.27. The molecule has 1 aliphatic rings. The first-order valence-electron chi connectivity index (χ1n) is 11.2. The lowest BCUT2D eigenvalue weighted by Crippen LogP contribution is -2.46. The average Bonchev–Trinajstić information content (AvgIpc) is 2.76. The van der Waals surface area contributed by atoms with Crippen molar-refractivity contribution in [1.82, 2.24) is 10.6 Å². The van der Waals surface area contributed by atoms with E-state index in [-0.39, 0.29) is 12.1 Å². The van der Waals surface area contributed by atoms with Crippen LogP contribution in [0.5, 0.6) is 5.75 Å². The molecular weight excluding hydrogens is 404 g/mol. The number of hydrogen-bond acceptors (Lipinski definition) is 4. The highest BCUT2D eigenvalue weighted by molar-refractivity contribution is 5.95. The van der Waals surface area contributed by atoms with Crippen LogP contribution >= 0.6 is 0 Å². The lowest BCUT2D eigenvalue weighted by Gasteiger charge is -2.30. The van der Waals surface area contributed by atoms with Crippen LogP contribution in [0.4, 0.5) is 4.79 Å². The minimum Gasteiger partial charge on any atom is -0.489 e. The molecule has 0 aromatic heterocycles. The number of amides is 2. The molecule has 0 bridgehead atoms. The van der Waals surface area contributed by atoms with Gasteiger partial charge in [0.15, 0.2) is 0 Å². The Kier molecular flexibility index (Phi) is 7.92. The summed E-state index contributed by atoms with van der Waals surface area (Å²) < 4.78 is 11.4. The van der Waals surface area contributed by atoms with Crippen LogP contribution in [0, 0.1) is 6.92 Å². The summed E-state index contributed by atoms with van der Waals surface area (Å²) >= 11 is 0. The van der Waals surface area contributed by atoms with Crippen molar-refractivity contribution in [2.75, 3.05) is 0 Å². The van der Waals surface area contributed by atoms with Crippen molar-refractivity contribution in [2.45, 2.75) is 65.7 Å². The number of ether oxygens (including phenoxy) is 2. The van der Waals surface area contributed by atoms with Crippen molar-refractivity contribution < 1.29 is 19.1 Å². The zero-order valence-electron chi connectivity index (χ0n) is 19.2. The fourth-order valence-electron chi connectivity index (χ4n) is 3.63. The quantitative estimate of drug-likeness (QED) is 0.521. The Bertz CT molecular complexity index is 980. The minimum absolute atomic E-state index is 0.252. The Morgan fingerprint density at radius 2 is 1.81 bits per heavy atom. The number of carbonyl (C=O) groups excluding carboxylic acids is 2. The summed E-state index contributed by atoms with van der Waals surface area (Å²) in [5.41, 5.74) is 4.20. The van der Waals surface area contributed by atoms with E-state index in [1.54, 1.807) is 0 Å². The lowest BCUT2D eigenvalue weighted by molar-refractivity contribution is -0.143. The van der Waals surface area contributed by atoms with Crippen LogP contribution in [0.2, 0.25) is 0 Å². The second kappa shape index (κ2) is 10.8.